The van der Waals surface area contributed by atoms with Crippen LogP contribution in [0.1, 0.15) is 0 Å². The maximum absolute atomic E-state index is 2.48. The van der Waals surface area contributed by atoms with Gasteiger partial charge in [-0.2, -0.15) is 0 Å². The highest BCUT2D eigenvalue weighted by atomic mass is 15.0. The molecule has 0 bridgehead atoms. The molecule has 0 atom stereocenters. The van der Waals surface area contributed by atoms with E-state index in [9.17, 15) is 0 Å². The molecule has 0 amide bonds. The Morgan fingerprint density at radius 2 is 0.897 bits per heavy atom. The Morgan fingerprint density at radius 3 is 1.59 bits per heavy atom. The molecule has 0 saturated heterocycles. The van der Waals surface area contributed by atoms with E-state index < -0.39 is 0 Å². The molecule has 0 aliphatic heterocycles. The highest BCUT2D eigenvalue weighted by Crippen LogP contribution is 2.47. The van der Waals surface area contributed by atoms with Gasteiger partial charge >= 0.3 is 0 Å². The van der Waals surface area contributed by atoms with Crippen LogP contribution in [-0.4, -0.2) is 4.57 Å². The summed E-state index contributed by atoms with van der Waals surface area (Å²) >= 11 is 0. The monoisotopic (exact) mass is 493 g/mol. The highest BCUT2D eigenvalue weighted by molar-refractivity contribution is 6.40. The largest absolute Gasteiger partial charge is 0.309 e. The fourth-order valence-corrected chi connectivity index (χ4v) is 6.80. The fourth-order valence-electron chi connectivity index (χ4n) is 6.80. The van der Waals surface area contributed by atoms with Gasteiger partial charge in [-0.05, 0) is 79.5 Å². The first kappa shape index (κ1) is 20.9. The van der Waals surface area contributed by atoms with Gasteiger partial charge in [0.05, 0.1) is 11.0 Å². The molecule has 0 fully saturated rings. The average molecular weight is 494 g/mol. The lowest BCUT2D eigenvalue weighted by molar-refractivity contribution is 1.18. The molecule has 0 aliphatic rings. The van der Waals surface area contributed by atoms with Gasteiger partial charge in [-0.3, -0.25) is 0 Å². The number of hydrogen-bond acceptors (Lipinski definition) is 0. The Bertz CT molecular complexity index is 2250. The first-order valence-corrected chi connectivity index (χ1v) is 13.5. The SMILES string of the molecule is c1ccc(-c2cc(-c3ccccc3)cc(-n3c4cccc5c6cccc7ccc8ccc3c(c8c76)c54)c2)cc1. The van der Waals surface area contributed by atoms with Crippen LogP contribution >= 0.6 is 0 Å². The Kier molecular flexibility index (Phi) is 4.11. The van der Waals surface area contributed by atoms with Gasteiger partial charge in [-0.15, -0.1) is 0 Å². The first-order valence-electron chi connectivity index (χ1n) is 13.5. The van der Waals surface area contributed by atoms with Crippen molar-refractivity contribution in [3.63, 3.8) is 0 Å². The molecule has 9 aromatic rings. The molecule has 1 heteroatoms. The lowest BCUT2D eigenvalue weighted by Gasteiger charge is -2.14. The quantitative estimate of drug-likeness (QED) is 0.170. The second kappa shape index (κ2) is 7.69. The molecule has 1 nitrogen and oxygen atoms in total. The van der Waals surface area contributed by atoms with E-state index >= 15 is 0 Å². The molecule has 8 aromatic carbocycles. The van der Waals surface area contributed by atoms with Gasteiger partial charge in [0.1, 0.15) is 0 Å². The second-order valence-electron chi connectivity index (χ2n) is 10.6. The molecule has 0 aliphatic carbocycles. The third kappa shape index (κ3) is 2.85. The summed E-state index contributed by atoms with van der Waals surface area (Å²) < 4.78 is 2.48. The predicted molar refractivity (Wildman–Crippen MR) is 167 cm³/mol. The summed E-state index contributed by atoms with van der Waals surface area (Å²) in [5, 5.41) is 10.8. The molecule has 1 aromatic heterocycles. The summed E-state index contributed by atoms with van der Waals surface area (Å²) in [6.45, 7) is 0. The van der Waals surface area contributed by atoms with Crippen molar-refractivity contribution in [3.05, 3.63) is 140 Å². The average Bonchev–Trinajstić information content (AvgIpc) is 3.36. The molecule has 0 spiro atoms. The number of benzene rings is 8. The summed E-state index contributed by atoms with van der Waals surface area (Å²) in [5.41, 5.74) is 8.59. The summed E-state index contributed by atoms with van der Waals surface area (Å²) in [4.78, 5) is 0. The predicted octanol–water partition coefficient (Wildman–Crippen LogP) is 10.5. The van der Waals surface area contributed by atoms with Crippen LogP contribution in [0.4, 0.5) is 0 Å². The molecule has 180 valence electrons. The lowest BCUT2D eigenvalue weighted by atomic mass is 9.89. The lowest BCUT2D eigenvalue weighted by Crippen LogP contribution is -1.96. The summed E-state index contributed by atoms with van der Waals surface area (Å²) in [5.74, 6) is 0. The third-order valence-corrected chi connectivity index (χ3v) is 8.46. The summed E-state index contributed by atoms with van der Waals surface area (Å²) in [7, 11) is 0. The Labute approximate surface area is 225 Å². The second-order valence-corrected chi connectivity index (χ2v) is 10.6. The van der Waals surface area contributed by atoms with Gasteiger partial charge in [0.2, 0.25) is 0 Å². The van der Waals surface area contributed by atoms with Gasteiger partial charge in [0.15, 0.2) is 0 Å². The number of aromatic nitrogens is 1. The minimum Gasteiger partial charge on any atom is -0.309 e. The summed E-state index contributed by atoms with van der Waals surface area (Å²) in [6.07, 6.45) is 0. The van der Waals surface area contributed by atoms with Crippen LogP contribution in [0.5, 0.6) is 0 Å². The van der Waals surface area contributed by atoms with E-state index in [0.717, 1.165) is 0 Å². The fraction of sp³-hybridized carbons (Fsp3) is 0. The van der Waals surface area contributed by atoms with Crippen LogP contribution in [0, 0.1) is 0 Å². The van der Waals surface area contributed by atoms with E-state index in [0.29, 0.717) is 0 Å². The zero-order chi connectivity index (χ0) is 25.5. The minimum absolute atomic E-state index is 1.19. The highest BCUT2D eigenvalue weighted by Gasteiger charge is 2.22. The topological polar surface area (TPSA) is 4.93 Å². The molecular weight excluding hydrogens is 470 g/mol. The van der Waals surface area contributed by atoms with Crippen LogP contribution in [0.2, 0.25) is 0 Å². The molecular formula is C38H23N. The van der Waals surface area contributed by atoms with Crippen molar-refractivity contribution in [1.82, 2.24) is 4.57 Å². The molecule has 0 saturated carbocycles. The van der Waals surface area contributed by atoms with Crippen molar-refractivity contribution in [2.45, 2.75) is 0 Å². The van der Waals surface area contributed by atoms with Crippen LogP contribution in [0.15, 0.2) is 140 Å². The van der Waals surface area contributed by atoms with Crippen LogP contribution < -0.4 is 0 Å². The number of hydrogen-bond donors (Lipinski definition) is 0. The molecule has 9 rings (SSSR count). The van der Waals surface area contributed by atoms with Gasteiger partial charge in [-0.1, -0.05) is 109 Å². The van der Waals surface area contributed by atoms with E-state index in [1.807, 2.05) is 0 Å². The molecule has 0 radical (unpaired) electrons. The van der Waals surface area contributed by atoms with Crippen molar-refractivity contribution in [1.29, 1.82) is 0 Å². The first-order chi connectivity index (χ1) is 19.3. The zero-order valence-electron chi connectivity index (χ0n) is 21.2. The Balaban J connectivity index is 1.46. The number of fused-ring (bicyclic) bond motifs is 1. The standard InChI is InChI=1S/C38H23N/c1-3-9-24(10-4-1)28-21-29(25-11-5-2-6-12-25)23-30(22-28)39-33-16-8-15-32-31-14-7-13-26-17-18-27-19-20-34(39)38(37(32)33)36(27)35(26)31/h1-23H. The van der Waals surface area contributed by atoms with Gasteiger partial charge < -0.3 is 4.57 Å². The molecule has 39 heavy (non-hydrogen) atoms. The smallest absolute Gasteiger partial charge is 0.0548 e. The van der Waals surface area contributed by atoms with Crippen LogP contribution in [0.25, 0.3) is 82.1 Å². The van der Waals surface area contributed by atoms with Crippen molar-refractivity contribution < 1.29 is 0 Å². The van der Waals surface area contributed by atoms with E-state index in [2.05, 4.69) is 144 Å². The maximum Gasteiger partial charge on any atom is 0.0548 e. The van der Waals surface area contributed by atoms with Gasteiger partial charge in [-0.25, -0.2) is 0 Å². The van der Waals surface area contributed by atoms with Gasteiger partial charge in [0, 0.05) is 21.8 Å². The maximum atomic E-state index is 2.48. The van der Waals surface area contributed by atoms with Crippen molar-refractivity contribution in [2.75, 3.05) is 0 Å². The van der Waals surface area contributed by atoms with Crippen molar-refractivity contribution in [3.8, 4) is 27.9 Å². The van der Waals surface area contributed by atoms with E-state index in [1.165, 1.54) is 82.1 Å². The van der Waals surface area contributed by atoms with Crippen LogP contribution in [0.3, 0.4) is 0 Å². The molecule has 1 heterocycles. The third-order valence-electron chi connectivity index (χ3n) is 8.46. The van der Waals surface area contributed by atoms with E-state index in [-0.39, 0.29) is 0 Å². The number of rotatable bonds is 3. The summed E-state index contributed by atoms with van der Waals surface area (Å²) in [6, 6.07) is 51.2. The van der Waals surface area contributed by atoms with E-state index in [4.69, 9.17) is 0 Å². The minimum atomic E-state index is 1.19. The van der Waals surface area contributed by atoms with Crippen molar-refractivity contribution in [2.24, 2.45) is 0 Å². The zero-order valence-corrected chi connectivity index (χ0v) is 21.2. The molecule has 0 unspecified atom stereocenters. The van der Waals surface area contributed by atoms with Gasteiger partial charge in [0.25, 0.3) is 0 Å². The normalized spacial score (nSPS) is 12.1. The number of nitrogens with zero attached hydrogens (tertiary/aromatic N) is 1. The van der Waals surface area contributed by atoms with Crippen LogP contribution in [-0.2, 0) is 0 Å². The Morgan fingerprint density at radius 1 is 0.333 bits per heavy atom. The Hall–Kier alpha value is -5.14. The van der Waals surface area contributed by atoms with Crippen molar-refractivity contribution >= 4 is 54.1 Å². The van der Waals surface area contributed by atoms with E-state index in [1.54, 1.807) is 0 Å². The molecule has 0 N–H and O–H groups in total.